The molecule has 0 fully saturated rings. The van der Waals surface area contributed by atoms with Gasteiger partial charge in [-0.2, -0.15) is 13.2 Å². The van der Waals surface area contributed by atoms with Gasteiger partial charge in [-0.15, -0.1) is 0 Å². The largest absolute Gasteiger partial charge is 0.434 e. The third-order valence-corrected chi connectivity index (χ3v) is 5.16. The molecule has 1 aromatic heterocycles. The topological polar surface area (TPSA) is 12.9 Å². The normalized spacial score (nSPS) is 11.9. The van der Waals surface area contributed by atoms with Gasteiger partial charge < -0.3 is 0 Å². The summed E-state index contributed by atoms with van der Waals surface area (Å²) in [6.07, 6.45) is -4.74. The second-order valence-electron chi connectivity index (χ2n) is 3.97. The molecule has 0 saturated carbocycles. The number of halogens is 9. The predicted octanol–water partition coefficient (Wildman–Crippen LogP) is 7.69. The van der Waals surface area contributed by atoms with Gasteiger partial charge in [-0.3, -0.25) is 0 Å². The number of benzene rings is 1. The average Bonchev–Trinajstić information content (AvgIpc) is 2.43. The lowest BCUT2D eigenvalue weighted by molar-refractivity contribution is -0.141. The summed E-state index contributed by atoms with van der Waals surface area (Å²) >= 11 is 35.1. The van der Waals surface area contributed by atoms with Gasteiger partial charge in [0, 0.05) is 5.56 Å². The van der Waals surface area contributed by atoms with E-state index in [1.165, 1.54) is 6.07 Å². The first-order chi connectivity index (χ1) is 10.1. The van der Waals surface area contributed by atoms with Crippen molar-refractivity contribution in [2.24, 2.45) is 0 Å². The third kappa shape index (κ3) is 3.23. The van der Waals surface area contributed by atoms with Gasteiger partial charge in [0.15, 0.2) is 5.69 Å². The highest BCUT2D eigenvalue weighted by Gasteiger charge is 2.36. The van der Waals surface area contributed by atoms with E-state index in [2.05, 4.69) is 4.98 Å². The van der Waals surface area contributed by atoms with Crippen molar-refractivity contribution < 1.29 is 13.2 Å². The zero-order chi connectivity index (χ0) is 16.8. The van der Waals surface area contributed by atoms with Crippen LogP contribution in [0.5, 0.6) is 0 Å². The molecule has 0 aliphatic rings. The van der Waals surface area contributed by atoms with E-state index >= 15 is 0 Å². The van der Waals surface area contributed by atoms with Gasteiger partial charge in [0.05, 0.1) is 35.8 Å². The van der Waals surface area contributed by atoms with Crippen molar-refractivity contribution in [2.75, 3.05) is 0 Å². The summed E-state index contributed by atoms with van der Waals surface area (Å²) in [7, 11) is 0. The number of nitrogens with zero attached hydrogens (tertiary/aromatic N) is 1. The maximum atomic E-state index is 12.9. The zero-order valence-electron chi connectivity index (χ0n) is 10.0. The Bertz CT molecular complexity index is 730. The molecule has 0 aliphatic carbocycles. The lowest BCUT2D eigenvalue weighted by Gasteiger charge is -2.14. The molecule has 0 aliphatic heterocycles. The van der Waals surface area contributed by atoms with E-state index in [1.54, 1.807) is 0 Å². The van der Waals surface area contributed by atoms with E-state index in [0.29, 0.717) is 0 Å². The minimum absolute atomic E-state index is 0.0649. The minimum Gasteiger partial charge on any atom is -0.242 e. The fourth-order valence-corrected chi connectivity index (χ4v) is 3.15. The molecule has 0 saturated heterocycles. The summed E-state index contributed by atoms with van der Waals surface area (Å²) in [5.74, 6) is 0. The predicted molar refractivity (Wildman–Crippen MR) is 84.7 cm³/mol. The lowest BCUT2D eigenvalue weighted by atomic mass is 10.1. The Labute approximate surface area is 152 Å². The van der Waals surface area contributed by atoms with Crippen molar-refractivity contribution in [3.63, 3.8) is 0 Å². The SMILES string of the molecule is FC(F)(F)c1nc(-c2c(Cl)c(Cl)c(Cl)c(Cl)c2Cl)ccc1Cl. The second-order valence-corrected chi connectivity index (χ2v) is 6.27. The maximum absolute atomic E-state index is 12.9. The molecule has 1 aromatic carbocycles. The van der Waals surface area contributed by atoms with Gasteiger partial charge >= 0.3 is 6.18 Å². The number of aromatic nitrogens is 1. The minimum atomic E-state index is -4.74. The number of hydrogen-bond acceptors (Lipinski definition) is 1. The highest BCUT2D eigenvalue weighted by Crippen LogP contribution is 2.48. The quantitative estimate of drug-likeness (QED) is 0.334. The summed E-state index contributed by atoms with van der Waals surface area (Å²) < 4.78 is 38.6. The Balaban J connectivity index is 2.79. The van der Waals surface area contributed by atoms with Crippen molar-refractivity contribution in [2.45, 2.75) is 6.18 Å². The van der Waals surface area contributed by atoms with Gasteiger partial charge in [-0.1, -0.05) is 69.6 Å². The number of rotatable bonds is 1. The summed E-state index contributed by atoms with van der Waals surface area (Å²) in [6, 6.07) is 2.24. The summed E-state index contributed by atoms with van der Waals surface area (Å²) in [5.41, 5.74) is -1.53. The molecule has 118 valence electrons. The van der Waals surface area contributed by atoms with Gasteiger partial charge in [0.1, 0.15) is 0 Å². The van der Waals surface area contributed by atoms with Crippen LogP contribution < -0.4 is 0 Å². The van der Waals surface area contributed by atoms with Crippen LogP contribution in [-0.2, 0) is 6.18 Å². The average molecular weight is 430 g/mol. The molecule has 1 heterocycles. The van der Waals surface area contributed by atoms with E-state index in [0.717, 1.165) is 6.07 Å². The molecular formula is C12H2Cl6F3N. The molecule has 10 heteroatoms. The van der Waals surface area contributed by atoms with Crippen LogP contribution in [-0.4, -0.2) is 4.98 Å². The molecule has 1 nitrogen and oxygen atoms in total. The Morgan fingerprint density at radius 1 is 0.727 bits per heavy atom. The first-order valence-electron chi connectivity index (χ1n) is 5.31. The van der Waals surface area contributed by atoms with E-state index in [-0.39, 0.29) is 36.4 Å². The Morgan fingerprint density at radius 2 is 1.18 bits per heavy atom. The molecule has 0 amide bonds. The van der Waals surface area contributed by atoms with E-state index in [4.69, 9.17) is 69.6 Å². The lowest BCUT2D eigenvalue weighted by Crippen LogP contribution is -2.09. The Kier molecular flexibility index (Phi) is 5.32. The molecule has 0 N–H and O–H groups in total. The molecule has 2 rings (SSSR count). The van der Waals surface area contributed by atoms with Crippen LogP contribution in [0.3, 0.4) is 0 Å². The fourth-order valence-electron chi connectivity index (χ4n) is 1.61. The molecule has 0 radical (unpaired) electrons. The first-order valence-corrected chi connectivity index (χ1v) is 7.58. The van der Waals surface area contributed by atoms with Crippen LogP contribution in [0.2, 0.25) is 30.1 Å². The summed E-state index contributed by atoms with van der Waals surface area (Å²) in [5, 5.41) is -1.27. The maximum Gasteiger partial charge on any atom is 0.434 e. The van der Waals surface area contributed by atoms with Crippen LogP contribution >= 0.6 is 69.6 Å². The molecule has 0 unspecified atom stereocenters. The Hall–Kier alpha value is -0.100. The molecule has 0 atom stereocenters. The van der Waals surface area contributed by atoms with E-state index in [1.807, 2.05) is 0 Å². The van der Waals surface area contributed by atoms with Crippen molar-refractivity contribution in [1.82, 2.24) is 4.98 Å². The first kappa shape index (κ1) is 18.2. The fraction of sp³-hybridized carbons (Fsp3) is 0.0833. The monoisotopic (exact) mass is 427 g/mol. The van der Waals surface area contributed by atoms with Crippen molar-refractivity contribution in [3.8, 4) is 11.3 Å². The number of hydrogen-bond donors (Lipinski definition) is 0. The van der Waals surface area contributed by atoms with Crippen LogP contribution in [0.1, 0.15) is 5.69 Å². The molecule has 22 heavy (non-hydrogen) atoms. The van der Waals surface area contributed by atoms with Crippen LogP contribution in [0, 0.1) is 0 Å². The molecule has 0 spiro atoms. The van der Waals surface area contributed by atoms with E-state index in [9.17, 15) is 13.2 Å². The van der Waals surface area contributed by atoms with Gasteiger partial charge in [0.2, 0.25) is 0 Å². The smallest absolute Gasteiger partial charge is 0.242 e. The van der Waals surface area contributed by atoms with Crippen LogP contribution in [0.25, 0.3) is 11.3 Å². The van der Waals surface area contributed by atoms with Gasteiger partial charge in [-0.25, -0.2) is 4.98 Å². The summed E-state index contributed by atoms with van der Waals surface area (Å²) in [6.45, 7) is 0. The second kappa shape index (κ2) is 6.42. The van der Waals surface area contributed by atoms with Crippen molar-refractivity contribution >= 4 is 69.6 Å². The van der Waals surface area contributed by atoms with Gasteiger partial charge in [-0.05, 0) is 12.1 Å². The highest BCUT2D eigenvalue weighted by molar-refractivity contribution is 6.56. The molecule has 2 aromatic rings. The van der Waals surface area contributed by atoms with Crippen molar-refractivity contribution in [1.29, 1.82) is 0 Å². The highest BCUT2D eigenvalue weighted by atomic mass is 35.5. The number of alkyl halides is 3. The molecular weight excluding hydrogens is 428 g/mol. The van der Waals surface area contributed by atoms with E-state index < -0.39 is 16.9 Å². The van der Waals surface area contributed by atoms with Crippen molar-refractivity contribution in [3.05, 3.63) is 48.0 Å². The van der Waals surface area contributed by atoms with Gasteiger partial charge in [0.25, 0.3) is 0 Å². The summed E-state index contributed by atoms with van der Waals surface area (Å²) in [4.78, 5) is 3.46. The zero-order valence-corrected chi connectivity index (χ0v) is 14.5. The standard InChI is InChI=1S/C12H2Cl6F3N/c13-3-1-2-4(22-11(3)12(19,20)21)5-6(14)8(16)10(18)9(17)7(5)15/h1-2H. The molecule has 0 bridgehead atoms. The van der Waals surface area contributed by atoms with Crippen LogP contribution in [0.15, 0.2) is 12.1 Å². The Morgan fingerprint density at radius 3 is 1.64 bits per heavy atom. The van der Waals surface area contributed by atoms with Crippen LogP contribution in [0.4, 0.5) is 13.2 Å². The third-order valence-electron chi connectivity index (χ3n) is 2.58. The number of pyridine rings is 1.